The number of benzene rings is 2. The Balaban J connectivity index is 2.34. The summed E-state index contributed by atoms with van der Waals surface area (Å²) in [6, 6.07) is 11.5. The van der Waals surface area contributed by atoms with Gasteiger partial charge in [-0.25, -0.2) is 4.98 Å². The molecule has 0 fully saturated rings. The number of fused-ring (bicyclic) bond motifs is 1. The van der Waals surface area contributed by atoms with E-state index in [-0.39, 0.29) is 0 Å². The molecule has 0 amide bonds. The zero-order chi connectivity index (χ0) is 13.6. The first-order valence-corrected chi connectivity index (χ1v) is 6.43. The average molecular weight is 272 g/mol. The summed E-state index contributed by atoms with van der Waals surface area (Å²) in [6.45, 7) is 2.08. The number of halogens is 1. The van der Waals surface area contributed by atoms with E-state index >= 15 is 0 Å². The SMILES string of the molecule is Cc1cccc2nc(-c3cc(Cl)ccc3N)n(C)c12. The normalized spacial score (nSPS) is 11.1. The second-order valence-corrected chi connectivity index (χ2v) is 5.11. The topological polar surface area (TPSA) is 43.8 Å². The largest absolute Gasteiger partial charge is 0.398 e. The van der Waals surface area contributed by atoms with Crippen molar-refractivity contribution in [2.45, 2.75) is 6.92 Å². The van der Waals surface area contributed by atoms with Crippen LogP contribution in [0.3, 0.4) is 0 Å². The Morgan fingerprint density at radius 1 is 1.21 bits per heavy atom. The Morgan fingerprint density at radius 2 is 2.00 bits per heavy atom. The predicted octanol–water partition coefficient (Wildman–Crippen LogP) is 3.78. The highest BCUT2D eigenvalue weighted by molar-refractivity contribution is 6.31. The number of nitrogens with two attached hydrogens (primary N) is 1. The third kappa shape index (κ3) is 1.87. The molecule has 4 heteroatoms. The lowest BCUT2D eigenvalue weighted by Crippen LogP contribution is -1.97. The molecule has 0 atom stereocenters. The molecule has 0 saturated heterocycles. The Hall–Kier alpha value is -2.00. The van der Waals surface area contributed by atoms with Crippen LogP contribution >= 0.6 is 11.6 Å². The molecule has 3 aromatic rings. The molecule has 19 heavy (non-hydrogen) atoms. The number of nitrogen functional groups attached to an aromatic ring is 1. The van der Waals surface area contributed by atoms with Crippen molar-refractivity contribution in [2.24, 2.45) is 7.05 Å². The van der Waals surface area contributed by atoms with E-state index in [0.717, 1.165) is 22.4 Å². The van der Waals surface area contributed by atoms with Gasteiger partial charge in [-0.15, -0.1) is 0 Å². The van der Waals surface area contributed by atoms with E-state index < -0.39 is 0 Å². The number of rotatable bonds is 1. The monoisotopic (exact) mass is 271 g/mol. The van der Waals surface area contributed by atoms with E-state index in [2.05, 4.69) is 22.5 Å². The van der Waals surface area contributed by atoms with Crippen LogP contribution in [-0.2, 0) is 7.05 Å². The lowest BCUT2D eigenvalue weighted by atomic mass is 10.1. The third-order valence-electron chi connectivity index (χ3n) is 3.35. The molecular formula is C15H14ClN3. The lowest BCUT2D eigenvalue weighted by Gasteiger charge is -2.07. The molecule has 96 valence electrons. The highest BCUT2D eigenvalue weighted by Gasteiger charge is 2.13. The minimum atomic E-state index is 0.660. The molecule has 0 aliphatic rings. The lowest BCUT2D eigenvalue weighted by molar-refractivity contribution is 0.956. The van der Waals surface area contributed by atoms with Crippen LogP contribution in [0, 0.1) is 6.92 Å². The first-order chi connectivity index (χ1) is 9.08. The number of aromatic nitrogens is 2. The summed E-state index contributed by atoms with van der Waals surface area (Å²) in [7, 11) is 2.00. The fourth-order valence-corrected chi connectivity index (χ4v) is 2.60. The Labute approximate surface area is 116 Å². The summed E-state index contributed by atoms with van der Waals surface area (Å²) in [4.78, 5) is 4.67. The van der Waals surface area contributed by atoms with E-state index in [0.29, 0.717) is 10.7 Å². The molecule has 2 aromatic carbocycles. The number of imidazole rings is 1. The smallest absolute Gasteiger partial charge is 0.143 e. The number of hydrogen-bond acceptors (Lipinski definition) is 2. The van der Waals surface area contributed by atoms with Gasteiger partial charge in [0.25, 0.3) is 0 Å². The highest BCUT2D eigenvalue weighted by atomic mass is 35.5. The Morgan fingerprint density at radius 3 is 2.74 bits per heavy atom. The van der Waals surface area contributed by atoms with Crippen molar-refractivity contribution in [2.75, 3.05) is 5.73 Å². The van der Waals surface area contributed by atoms with Gasteiger partial charge < -0.3 is 10.3 Å². The number of para-hydroxylation sites is 1. The van der Waals surface area contributed by atoms with Crippen LogP contribution in [0.1, 0.15) is 5.56 Å². The fourth-order valence-electron chi connectivity index (χ4n) is 2.43. The van der Waals surface area contributed by atoms with Crippen LogP contribution in [0.2, 0.25) is 5.02 Å². The van der Waals surface area contributed by atoms with Gasteiger partial charge in [-0.3, -0.25) is 0 Å². The molecule has 0 aliphatic carbocycles. The summed E-state index contributed by atoms with van der Waals surface area (Å²) < 4.78 is 2.06. The van der Waals surface area contributed by atoms with Crippen LogP contribution < -0.4 is 5.73 Å². The van der Waals surface area contributed by atoms with E-state index in [4.69, 9.17) is 17.3 Å². The standard InChI is InChI=1S/C15H14ClN3/c1-9-4-3-5-13-14(9)19(2)15(18-13)11-8-10(16)6-7-12(11)17/h3-8H,17H2,1-2H3. The molecule has 1 heterocycles. The first-order valence-electron chi connectivity index (χ1n) is 6.05. The van der Waals surface area contributed by atoms with Crippen LogP contribution in [0.5, 0.6) is 0 Å². The van der Waals surface area contributed by atoms with Gasteiger partial charge in [0.2, 0.25) is 0 Å². The zero-order valence-electron chi connectivity index (χ0n) is 10.8. The highest BCUT2D eigenvalue weighted by Crippen LogP contribution is 2.31. The van der Waals surface area contributed by atoms with Gasteiger partial charge in [0, 0.05) is 23.3 Å². The quantitative estimate of drug-likeness (QED) is 0.685. The summed E-state index contributed by atoms with van der Waals surface area (Å²) in [5.41, 5.74) is 10.9. The van der Waals surface area contributed by atoms with E-state index in [1.165, 1.54) is 5.56 Å². The van der Waals surface area contributed by atoms with Gasteiger partial charge in [-0.2, -0.15) is 0 Å². The minimum absolute atomic E-state index is 0.660. The van der Waals surface area contributed by atoms with Gasteiger partial charge in [-0.05, 0) is 36.8 Å². The molecular weight excluding hydrogens is 258 g/mol. The summed E-state index contributed by atoms with van der Waals surface area (Å²) in [5.74, 6) is 0.837. The maximum Gasteiger partial charge on any atom is 0.143 e. The molecule has 0 saturated carbocycles. The number of anilines is 1. The molecule has 0 bridgehead atoms. The summed E-state index contributed by atoms with van der Waals surface area (Å²) in [6.07, 6.45) is 0. The molecule has 0 aliphatic heterocycles. The average Bonchev–Trinajstić information content (AvgIpc) is 2.71. The molecule has 3 rings (SSSR count). The maximum absolute atomic E-state index is 6.06. The van der Waals surface area contributed by atoms with Crippen molar-refractivity contribution in [1.82, 2.24) is 9.55 Å². The van der Waals surface area contributed by atoms with E-state index in [9.17, 15) is 0 Å². The number of hydrogen-bond donors (Lipinski definition) is 1. The van der Waals surface area contributed by atoms with Crippen LogP contribution in [0.25, 0.3) is 22.4 Å². The molecule has 2 N–H and O–H groups in total. The van der Waals surface area contributed by atoms with Gasteiger partial charge in [0.1, 0.15) is 5.82 Å². The van der Waals surface area contributed by atoms with E-state index in [1.807, 2.05) is 31.3 Å². The predicted molar refractivity (Wildman–Crippen MR) is 80.3 cm³/mol. The van der Waals surface area contributed by atoms with Crippen molar-refractivity contribution in [1.29, 1.82) is 0 Å². The third-order valence-corrected chi connectivity index (χ3v) is 3.59. The first kappa shape index (κ1) is 12.1. The molecule has 3 nitrogen and oxygen atoms in total. The van der Waals surface area contributed by atoms with Gasteiger partial charge in [-0.1, -0.05) is 23.7 Å². The van der Waals surface area contributed by atoms with E-state index in [1.54, 1.807) is 6.07 Å². The van der Waals surface area contributed by atoms with Crippen molar-refractivity contribution in [3.05, 3.63) is 47.0 Å². The summed E-state index contributed by atoms with van der Waals surface area (Å²) >= 11 is 6.06. The zero-order valence-corrected chi connectivity index (χ0v) is 11.6. The van der Waals surface area contributed by atoms with Crippen molar-refractivity contribution in [3.8, 4) is 11.4 Å². The van der Waals surface area contributed by atoms with Gasteiger partial charge >= 0.3 is 0 Å². The summed E-state index contributed by atoms with van der Waals surface area (Å²) in [5, 5.41) is 0.660. The van der Waals surface area contributed by atoms with Gasteiger partial charge in [0.15, 0.2) is 0 Å². The van der Waals surface area contributed by atoms with Crippen LogP contribution in [0.15, 0.2) is 36.4 Å². The van der Waals surface area contributed by atoms with Crippen LogP contribution in [0.4, 0.5) is 5.69 Å². The molecule has 0 radical (unpaired) electrons. The van der Waals surface area contributed by atoms with Crippen molar-refractivity contribution >= 4 is 28.3 Å². The molecule has 1 aromatic heterocycles. The van der Waals surface area contributed by atoms with Gasteiger partial charge in [0.05, 0.1) is 11.0 Å². The Bertz CT molecular complexity index is 774. The number of aryl methyl sites for hydroxylation is 2. The molecule has 0 spiro atoms. The Kier molecular flexibility index (Phi) is 2.72. The van der Waals surface area contributed by atoms with Crippen molar-refractivity contribution in [3.63, 3.8) is 0 Å². The fraction of sp³-hybridized carbons (Fsp3) is 0.133. The van der Waals surface area contributed by atoms with Crippen molar-refractivity contribution < 1.29 is 0 Å². The van der Waals surface area contributed by atoms with Crippen LogP contribution in [-0.4, -0.2) is 9.55 Å². The number of nitrogens with zero attached hydrogens (tertiary/aromatic N) is 2. The second kappa shape index (κ2) is 4.28. The molecule has 0 unspecified atom stereocenters. The minimum Gasteiger partial charge on any atom is -0.398 e. The second-order valence-electron chi connectivity index (χ2n) is 4.67. The maximum atomic E-state index is 6.06.